The minimum absolute atomic E-state index is 0.0989. The van der Waals surface area contributed by atoms with E-state index in [0.717, 1.165) is 18.9 Å². The second kappa shape index (κ2) is 4.90. The first-order valence-electron chi connectivity index (χ1n) is 5.90. The van der Waals surface area contributed by atoms with Crippen molar-refractivity contribution in [3.05, 3.63) is 33.1 Å². The van der Waals surface area contributed by atoms with Crippen LogP contribution < -0.4 is 5.32 Å². The fraction of sp³-hybridized carbons (Fsp3) is 0.417. The first-order chi connectivity index (χ1) is 9.25. The number of aliphatic carboxylic acids is 1. The van der Waals surface area contributed by atoms with Crippen molar-refractivity contribution in [3.63, 3.8) is 0 Å². The fourth-order valence-electron chi connectivity index (χ4n) is 2.06. The molecule has 108 valence electrons. The lowest BCUT2D eigenvalue weighted by molar-refractivity contribution is -0.384. The molecule has 2 rings (SSSR count). The summed E-state index contributed by atoms with van der Waals surface area (Å²) in [5.74, 6) is -2.16. The number of carboxylic acid groups (broad SMARTS) is 1. The lowest BCUT2D eigenvalue weighted by Crippen LogP contribution is -2.45. The Labute approximate surface area is 118 Å². The lowest BCUT2D eigenvalue weighted by atomic mass is 9.95. The van der Waals surface area contributed by atoms with Crippen molar-refractivity contribution >= 4 is 28.9 Å². The van der Waals surface area contributed by atoms with E-state index in [-0.39, 0.29) is 16.6 Å². The van der Waals surface area contributed by atoms with E-state index in [1.165, 1.54) is 6.92 Å². The highest BCUT2D eigenvalue weighted by Gasteiger charge is 2.48. The normalized spacial score (nSPS) is 17.4. The van der Waals surface area contributed by atoms with Gasteiger partial charge in [-0.05, 0) is 31.7 Å². The molecule has 0 heterocycles. The predicted octanol–water partition coefficient (Wildman–Crippen LogP) is 3.05. The third-order valence-corrected chi connectivity index (χ3v) is 3.76. The molecule has 1 aliphatic rings. The van der Waals surface area contributed by atoms with Crippen LogP contribution in [-0.4, -0.2) is 21.5 Å². The molecule has 0 radical (unpaired) electrons. The maximum absolute atomic E-state index is 13.3. The average Bonchev–Trinajstić information content (AvgIpc) is 3.17. The number of hydrogen-bond donors (Lipinski definition) is 2. The molecule has 2 N–H and O–H groups in total. The molecule has 1 unspecified atom stereocenters. The van der Waals surface area contributed by atoms with Gasteiger partial charge in [0.25, 0.3) is 5.69 Å². The molecule has 8 heteroatoms. The molecular weight excluding hydrogens is 291 g/mol. The number of nitrogens with one attached hydrogen (secondary N) is 1. The highest BCUT2D eigenvalue weighted by Crippen LogP contribution is 2.43. The maximum Gasteiger partial charge on any atom is 0.329 e. The van der Waals surface area contributed by atoms with Crippen molar-refractivity contribution in [2.75, 3.05) is 5.32 Å². The summed E-state index contributed by atoms with van der Waals surface area (Å²) in [5.41, 5.74) is -1.98. The van der Waals surface area contributed by atoms with Crippen LogP contribution in [0.2, 0.25) is 5.02 Å². The molecule has 0 saturated heterocycles. The first kappa shape index (κ1) is 14.5. The van der Waals surface area contributed by atoms with Gasteiger partial charge in [0.05, 0.1) is 16.0 Å². The number of nitro benzene ring substituents is 1. The topological polar surface area (TPSA) is 92.5 Å². The summed E-state index contributed by atoms with van der Waals surface area (Å²) in [5, 5.41) is 22.6. The number of benzene rings is 1. The number of halogens is 2. The van der Waals surface area contributed by atoms with Gasteiger partial charge in [-0.15, -0.1) is 0 Å². The maximum atomic E-state index is 13.3. The molecule has 1 atom stereocenters. The molecule has 6 nitrogen and oxygen atoms in total. The van der Waals surface area contributed by atoms with Crippen molar-refractivity contribution in [1.82, 2.24) is 0 Å². The van der Waals surface area contributed by atoms with Gasteiger partial charge >= 0.3 is 5.97 Å². The van der Waals surface area contributed by atoms with Crippen LogP contribution in [0.4, 0.5) is 15.8 Å². The fourth-order valence-corrected chi connectivity index (χ4v) is 2.22. The third-order valence-electron chi connectivity index (χ3n) is 3.47. The Morgan fingerprint density at radius 1 is 1.60 bits per heavy atom. The molecule has 1 saturated carbocycles. The van der Waals surface area contributed by atoms with Gasteiger partial charge < -0.3 is 10.4 Å². The molecule has 0 bridgehead atoms. The number of nitro groups is 1. The molecule has 20 heavy (non-hydrogen) atoms. The number of rotatable bonds is 5. The molecular formula is C12H12ClFN2O4. The SMILES string of the molecule is CC(Nc1cc(Cl)c(F)cc1[N+](=O)[O-])(C(=O)O)C1CC1. The Kier molecular flexibility index (Phi) is 3.56. The number of carbonyl (C=O) groups is 1. The number of hydrogen-bond acceptors (Lipinski definition) is 4. The van der Waals surface area contributed by atoms with E-state index in [4.69, 9.17) is 11.6 Å². The van der Waals surface area contributed by atoms with Gasteiger partial charge in [0, 0.05) is 0 Å². The summed E-state index contributed by atoms with van der Waals surface area (Å²) >= 11 is 5.61. The molecule has 1 fully saturated rings. The Balaban J connectivity index is 2.44. The van der Waals surface area contributed by atoms with Crippen molar-refractivity contribution in [2.24, 2.45) is 5.92 Å². The average molecular weight is 303 g/mol. The highest BCUT2D eigenvalue weighted by atomic mass is 35.5. The quantitative estimate of drug-likeness (QED) is 0.644. The van der Waals surface area contributed by atoms with E-state index in [2.05, 4.69) is 5.32 Å². The summed E-state index contributed by atoms with van der Waals surface area (Å²) < 4.78 is 13.3. The van der Waals surface area contributed by atoms with Crippen LogP contribution in [0.25, 0.3) is 0 Å². The standard InChI is InChI=1S/C12H12ClFN2O4/c1-12(11(17)18,6-2-3-6)15-9-4-7(13)8(14)5-10(9)16(19)20/h4-6,15H,2-3H2,1H3,(H,17,18). The Morgan fingerprint density at radius 3 is 2.65 bits per heavy atom. The second-order valence-corrected chi connectivity index (χ2v) is 5.35. The lowest BCUT2D eigenvalue weighted by Gasteiger charge is -2.27. The van der Waals surface area contributed by atoms with Gasteiger partial charge in [0.2, 0.25) is 0 Å². The summed E-state index contributed by atoms with van der Waals surface area (Å²) in [7, 11) is 0. The Hall–Kier alpha value is -1.89. The van der Waals surface area contributed by atoms with Crippen LogP contribution in [0.5, 0.6) is 0 Å². The van der Waals surface area contributed by atoms with Gasteiger partial charge in [-0.1, -0.05) is 11.6 Å². The largest absolute Gasteiger partial charge is 0.480 e. The van der Waals surface area contributed by atoms with Crippen LogP contribution in [0.1, 0.15) is 19.8 Å². The third kappa shape index (κ3) is 2.53. The number of carboxylic acids is 1. The smallest absolute Gasteiger partial charge is 0.329 e. The van der Waals surface area contributed by atoms with E-state index < -0.39 is 27.9 Å². The van der Waals surface area contributed by atoms with Crippen molar-refractivity contribution in [3.8, 4) is 0 Å². The predicted molar refractivity (Wildman–Crippen MR) is 70.5 cm³/mol. The summed E-state index contributed by atoms with van der Waals surface area (Å²) in [6, 6.07) is 1.72. The van der Waals surface area contributed by atoms with E-state index in [9.17, 15) is 24.4 Å². The minimum atomic E-state index is -1.34. The summed E-state index contributed by atoms with van der Waals surface area (Å²) in [4.78, 5) is 21.6. The number of nitrogens with zero attached hydrogens (tertiary/aromatic N) is 1. The van der Waals surface area contributed by atoms with Crippen LogP contribution in [0, 0.1) is 21.8 Å². The van der Waals surface area contributed by atoms with Gasteiger partial charge in [-0.2, -0.15) is 0 Å². The van der Waals surface area contributed by atoms with Gasteiger partial charge in [0.1, 0.15) is 17.0 Å². The van der Waals surface area contributed by atoms with Crippen LogP contribution >= 0.6 is 11.6 Å². The zero-order chi connectivity index (χ0) is 15.1. The van der Waals surface area contributed by atoms with Crippen LogP contribution in [0.3, 0.4) is 0 Å². The molecule has 1 aromatic carbocycles. The minimum Gasteiger partial charge on any atom is -0.480 e. The molecule has 0 amide bonds. The molecule has 1 aromatic rings. The molecule has 0 spiro atoms. The van der Waals surface area contributed by atoms with Crippen LogP contribution in [-0.2, 0) is 4.79 Å². The van der Waals surface area contributed by atoms with E-state index in [1.54, 1.807) is 0 Å². The molecule has 0 aliphatic heterocycles. The zero-order valence-electron chi connectivity index (χ0n) is 10.5. The zero-order valence-corrected chi connectivity index (χ0v) is 11.3. The van der Waals surface area contributed by atoms with Crippen LogP contribution in [0.15, 0.2) is 12.1 Å². The Bertz CT molecular complexity index is 591. The monoisotopic (exact) mass is 302 g/mol. The highest BCUT2D eigenvalue weighted by molar-refractivity contribution is 6.31. The van der Waals surface area contributed by atoms with Gasteiger partial charge in [0.15, 0.2) is 0 Å². The summed E-state index contributed by atoms with van der Waals surface area (Å²) in [6.45, 7) is 1.45. The molecule has 1 aliphatic carbocycles. The van der Waals surface area contributed by atoms with Crippen molar-refractivity contribution in [2.45, 2.75) is 25.3 Å². The number of anilines is 1. The summed E-state index contributed by atoms with van der Waals surface area (Å²) in [6.07, 6.45) is 1.44. The van der Waals surface area contributed by atoms with E-state index in [0.29, 0.717) is 6.07 Å². The van der Waals surface area contributed by atoms with Gasteiger partial charge in [-0.3, -0.25) is 10.1 Å². The van der Waals surface area contributed by atoms with Crippen molar-refractivity contribution in [1.29, 1.82) is 0 Å². The molecule has 0 aromatic heterocycles. The first-order valence-corrected chi connectivity index (χ1v) is 6.28. The van der Waals surface area contributed by atoms with E-state index in [1.807, 2.05) is 0 Å². The van der Waals surface area contributed by atoms with Crippen molar-refractivity contribution < 1.29 is 19.2 Å². The van der Waals surface area contributed by atoms with Gasteiger partial charge in [-0.25, -0.2) is 9.18 Å². The second-order valence-electron chi connectivity index (χ2n) is 4.95. The Morgan fingerprint density at radius 2 is 2.20 bits per heavy atom. The van der Waals surface area contributed by atoms with E-state index >= 15 is 0 Å².